The van der Waals surface area contributed by atoms with E-state index in [1.807, 2.05) is 32.9 Å². The minimum absolute atomic E-state index is 0.0543. The van der Waals surface area contributed by atoms with Gasteiger partial charge in [-0.25, -0.2) is 0 Å². The number of rotatable bonds is 4. The van der Waals surface area contributed by atoms with Gasteiger partial charge >= 0.3 is 0 Å². The summed E-state index contributed by atoms with van der Waals surface area (Å²) in [5, 5.41) is 4.95. The Balaban J connectivity index is 1.93. The molecule has 0 fully saturated rings. The number of hydrogen-bond acceptors (Lipinski definition) is 4. The van der Waals surface area contributed by atoms with Crippen LogP contribution >= 0.6 is 0 Å². The zero-order valence-electron chi connectivity index (χ0n) is 13.8. The summed E-state index contributed by atoms with van der Waals surface area (Å²) in [6, 6.07) is 6.14. The zero-order chi connectivity index (χ0) is 16.6. The van der Waals surface area contributed by atoms with Gasteiger partial charge in [-0.05, 0) is 38.5 Å². The molecule has 0 saturated heterocycles. The highest BCUT2D eigenvalue weighted by molar-refractivity contribution is 6.01. The second kappa shape index (κ2) is 5.87. The van der Waals surface area contributed by atoms with Crippen molar-refractivity contribution < 1.29 is 9.32 Å². The van der Waals surface area contributed by atoms with Gasteiger partial charge < -0.3 is 14.4 Å². The zero-order valence-corrected chi connectivity index (χ0v) is 13.8. The van der Waals surface area contributed by atoms with Gasteiger partial charge in [0.25, 0.3) is 5.91 Å². The van der Waals surface area contributed by atoms with Crippen molar-refractivity contribution >= 4 is 16.8 Å². The monoisotopic (exact) mass is 312 g/mol. The first-order valence-corrected chi connectivity index (χ1v) is 7.67. The fourth-order valence-electron chi connectivity index (χ4n) is 2.72. The summed E-state index contributed by atoms with van der Waals surface area (Å²) in [5.41, 5.74) is 3.74. The van der Waals surface area contributed by atoms with Gasteiger partial charge in [-0.2, -0.15) is 4.98 Å². The summed E-state index contributed by atoms with van der Waals surface area (Å²) in [4.78, 5) is 22.0. The molecule has 6 heteroatoms. The Bertz CT molecular complexity index is 863. The van der Waals surface area contributed by atoms with Crippen LogP contribution in [-0.2, 0) is 6.54 Å². The van der Waals surface area contributed by atoms with E-state index in [2.05, 4.69) is 21.2 Å². The largest absolute Gasteiger partial charge is 0.350 e. The number of nitrogens with one attached hydrogen (secondary N) is 1. The number of nitrogens with zero attached hydrogens (tertiary/aromatic N) is 3. The fraction of sp³-hybridized carbons (Fsp3) is 0.353. The Labute approximate surface area is 134 Å². The number of aromatic nitrogens is 3. The molecule has 1 N–H and O–H groups in total. The van der Waals surface area contributed by atoms with E-state index in [1.165, 1.54) is 5.56 Å². The number of hydrogen-bond donors (Lipinski definition) is 1. The van der Waals surface area contributed by atoms with E-state index in [-0.39, 0.29) is 5.91 Å². The summed E-state index contributed by atoms with van der Waals surface area (Å²) in [6.07, 6.45) is 0. The number of carbonyl (C=O) groups is 1. The lowest BCUT2D eigenvalue weighted by molar-refractivity contribution is 0.0741. The van der Waals surface area contributed by atoms with Crippen LogP contribution in [0.15, 0.2) is 22.7 Å². The second-order valence-electron chi connectivity index (χ2n) is 5.72. The van der Waals surface area contributed by atoms with Gasteiger partial charge in [0, 0.05) is 24.4 Å². The maximum atomic E-state index is 12.9. The van der Waals surface area contributed by atoms with Gasteiger partial charge in [-0.1, -0.05) is 16.8 Å². The van der Waals surface area contributed by atoms with Crippen LogP contribution in [0, 0.1) is 20.8 Å². The summed E-state index contributed by atoms with van der Waals surface area (Å²) in [7, 11) is 0. The maximum absolute atomic E-state index is 12.9. The van der Waals surface area contributed by atoms with E-state index in [0.29, 0.717) is 30.5 Å². The van der Waals surface area contributed by atoms with Crippen LogP contribution in [0.4, 0.5) is 0 Å². The van der Waals surface area contributed by atoms with Crippen LogP contribution in [0.3, 0.4) is 0 Å². The molecular weight excluding hydrogens is 292 g/mol. The molecule has 1 amide bonds. The molecule has 3 aromatic rings. The minimum Gasteiger partial charge on any atom is -0.350 e. The molecule has 2 heterocycles. The Kier molecular flexibility index (Phi) is 3.90. The molecule has 6 nitrogen and oxygen atoms in total. The first-order chi connectivity index (χ1) is 11.0. The van der Waals surface area contributed by atoms with Crippen LogP contribution in [-0.4, -0.2) is 32.5 Å². The average molecular weight is 312 g/mol. The smallest absolute Gasteiger partial charge is 0.270 e. The van der Waals surface area contributed by atoms with E-state index in [4.69, 9.17) is 4.52 Å². The molecule has 0 aliphatic heterocycles. The van der Waals surface area contributed by atoms with Gasteiger partial charge in [0.15, 0.2) is 5.82 Å². The summed E-state index contributed by atoms with van der Waals surface area (Å²) in [6.45, 7) is 8.59. The molecule has 2 aromatic heterocycles. The molecule has 23 heavy (non-hydrogen) atoms. The van der Waals surface area contributed by atoms with Gasteiger partial charge in [0.05, 0.1) is 6.54 Å². The molecule has 0 saturated carbocycles. The molecule has 0 bridgehead atoms. The Hall–Kier alpha value is -2.63. The molecule has 1 aromatic carbocycles. The molecule has 0 unspecified atom stereocenters. The molecule has 0 radical (unpaired) electrons. The molecule has 0 spiro atoms. The van der Waals surface area contributed by atoms with Gasteiger partial charge in [-0.15, -0.1) is 0 Å². The van der Waals surface area contributed by atoms with Gasteiger partial charge in [-0.3, -0.25) is 4.79 Å². The Morgan fingerprint density at radius 3 is 2.74 bits per heavy atom. The van der Waals surface area contributed by atoms with Gasteiger partial charge in [0.1, 0.15) is 5.69 Å². The molecule has 0 atom stereocenters. The van der Waals surface area contributed by atoms with Crippen molar-refractivity contribution in [2.45, 2.75) is 34.2 Å². The van der Waals surface area contributed by atoms with Crippen molar-refractivity contribution in [3.63, 3.8) is 0 Å². The first-order valence-electron chi connectivity index (χ1n) is 7.67. The lowest BCUT2D eigenvalue weighted by Crippen LogP contribution is -2.31. The number of carbonyl (C=O) groups excluding carboxylic acids is 1. The summed E-state index contributed by atoms with van der Waals surface area (Å²) >= 11 is 0. The highest BCUT2D eigenvalue weighted by Gasteiger charge is 2.21. The standard InChI is InChI=1S/C17H20N4O2/c1-5-21(9-15-18-12(4)23-20-15)17(22)16-11(3)13-8-10(2)6-7-14(13)19-16/h6-8,19H,5,9H2,1-4H3. The Morgan fingerprint density at radius 1 is 1.30 bits per heavy atom. The van der Waals surface area contributed by atoms with E-state index in [9.17, 15) is 4.79 Å². The molecular formula is C17H20N4O2. The van der Waals surface area contributed by atoms with Crippen LogP contribution in [0.2, 0.25) is 0 Å². The van der Waals surface area contributed by atoms with E-state index in [0.717, 1.165) is 16.5 Å². The molecule has 120 valence electrons. The third kappa shape index (κ3) is 2.84. The Morgan fingerprint density at radius 2 is 2.09 bits per heavy atom. The predicted octanol–water partition coefficient (Wildman–Crippen LogP) is 3.14. The van der Waals surface area contributed by atoms with Crippen molar-refractivity contribution in [1.29, 1.82) is 0 Å². The highest BCUT2D eigenvalue weighted by atomic mass is 16.5. The van der Waals surface area contributed by atoms with Crippen molar-refractivity contribution in [3.8, 4) is 0 Å². The van der Waals surface area contributed by atoms with Crippen LogP contribution in [0.5, 0.6) is 0 Å². The molecule has 0 aliphatic rings. The quantitative estimate of drug-likeness (QED) is 0.803. The second-order valence-corrected chi connectivity index (χ2v) is 5.72. The summed E-state index contributed by atoms with van der Waals surface area (Å²) < 4.78 is 4.97. The van der Waals surface area contributed by atoms with Crippen LogP contribution in [0.1, 0.15) is 40.3 Å². The first kappa shape index (κ1) is 15.3. The lowest BCUT2D eigenvalue weighted by atomic mass is 10.1. The SMILES string of the molecule is CCN(Cc1noc(C)n1)C(=O)c1[nH]c2ccc(C)cc2c1C. The van der Waals surface area contributed by atoms with Gasteiger partial charge in [0.2, 0.25) is 5.89 Å². The lowest BCUT2D eigenvalue weighted by Gasteiger charge is -2.18. The van der Waals surface area contributed by atoms with Crippen LogP contribution < -0.4 is 0 Å². The van der Waals surface area contributed by atoms with Crippen molar-refractivity contribution in [1.82, 2.24) is 20.0 Å². The fourth-order valence-corrected chi connectivity index (χ4v) is 2.72. The summed E-state index contributed by atoms with van der Waals surface area (Å²) in [5.74, 6) is 0.962. The van der Waals surface area contributed by atoms with Crippen molar-refractivity contribution in [2.24, 2.45) is 0 Å². The topological polar surface area (TPSA) is 75.0 Å². The maximum Gasteiger partial charge on any atom is 0.270 e. The number of amides is 1. The van der Waals surface area contributed by atoms with Crippen LogP contribution in [0.25, 0.3) is 10.9 Å². The third-order valence-electron chi connectivity index (χ3n) is 4.00. The normalized spacial score (nSPS) is 11.1. The average Bonchev–Trinajstić information content (AvgIpc) is 3.08. The number of fused-ring (bicyclic) bond motifs is 1. The number of benzene rings is 1. The van der Waals surface area contributed by atoms with E-state index < -0.39 is 0 Å². The molecule has 3 rings (SSSR count). The van der Waals surface area contributed by atoms with E-state index >= 15 is 0 Å². The number of aryl methyl sites for hydroxylation is 3. The molecule has 0 aliphatic carbocycles. The highest BCUT2D eigenvalue weighted by Crippen LogP contribution is 2.24. The van der Waals surface area contributed by atoms with Crippen molar-refractivity contribution in [3.05, 3.63) is 46.7 Å². The number of H-pyrrole nitrogens is 1. The minimum atomic E-state index is -0.0543. The third-order valence-corrected chi connectivity index (χ3v) is 4.00. The van der Waals surface area contributed by atoms with Crippen molar-refractivity contribution in [2.75, 3.05) is 6.54 Å². The number of aromatic amines is 1. The van der Waals surface area contributed by atoms with E-state index in [1.54, 1.807) is 11.8 Å². The predicted molar refractivity (Wildman–Crippen MR) is 87.2 cm³/mol.